The van der Waals surface area contributed by atoms with E-state index in [1.807, 2.05) is 24.1 Å². The van der Waals surface area contributed by atoms with Gasteiger partial charge in [-0.1, -0.05) is 6.92 Å². The Morgan fingerprint density at radius 1 is 1.15 bits per heavy atom. The number of rotatable bonds is 9. The van der Waals surface area contributed by atoms with Crippen molar-refractivity contribution in [1.29, 1.82) is 0 Å². The summed E-state index contributed by atoms with van der Waals surface area (Å²) in [6, 6.07) is 3.79. The maximum Gasteiger partial charge on any atom is 0.164 e. The number of likely N-dealkylation sites (N-methyl/N-ethyl adjacent to an activating group) is 1. The van der Waals surface area contributed by atoms with Crippen molar-refractivity contribution in [3.8, 4) is 17.2 Å². The number of ether oxygens (including phenoxy) is 3. The number of methoxy groups -OCH3 is 2. The highest BCUT2D eigenvalue weighted by Gasteiger charge is 2.13. The second-order valence-corrected chi connectivity index (χ2v) is 4.55. The van der Waals surface area contributed by atoms with Crippen molar-refractivity contribution in [1.82, 2.24) is 4.90 Å². The van der Waals surface area contributed by atoms with Crippen LogP contribution in [0.1, 0.15) is 12.5 Å². The van der Waals surface area contributed by atoms with Crippen LogP contribution in [-0.4, -0.2) is 57.6 Å². The summed E-state index contributed by atoms with van der Waals surface area (Å²) in [4.78, 5) is 2.02. The molecule has 0 atom stereocenters. The van der Waals surface area contributed by atoms with Gasteiger partial charge in [0.25, 0.3) is 0 Å². The molecule has 0 bridgehead atoms. The van der Waals surface area contributed by atoms with E-state index in [4.69, 9.17) is 19.3 Å². The fourth-order valence-corrected chi connectivity index (χ4v) is 1.91. The first kappa shape index (κ1) is 16.6. The molecule has 0 saturated carbocycles. The Hall–Kier alpha value is -1.46. The zero-order valence-electron chi connectivity index (χ0n) is 12.8. The number of hydrogen-bond donors (Lipinski definition) is 1. The molecule has 5 nitrogen and oxygen atoms in total. The van der Waals surface area contributed by atoms with Gasteiger partial charge in [0.05, 0.1) is 20.8 Å². The molecule has 1 aromatic carbocycles. The third-order valence-corrected chi connectivity index (χ3v) is 3.14. The minimum Gasteiger partial charge on any atom is -0.497 e. The molecule has 0 aliphatic rings. The molecule has 0 saturated heterocycles. The topological polar surface area (TPSA) is 51.2 Å². The standard InChI is InChI=1S/C15H25NO4/c1-5-12-10-13(18-3)11-14(19-4)15(12)20-9-7-16(2)6-8-17/h10-11,17H,5-9H2,1-4H3. The van der Waals surface area contributed by atoms with Crippen LogP contribution in [0.25, 0.3) is 0 Å². The van der Waals surface area contributed by atoms with Crippen LogP contribution < -0.4 is 14.2 Å². The van der Waals surface area contributed by atoms with E-state index in [2.05, 4.69) is 6.92 Å². The first-order valence-electron chi connectivity index (χ1n) is 6.83. The van der Waals surface area contributed by atoms with Crippen LogP contribution in [-0.2, 0) is 6.42 Å². The Kier molecular flexibility index (Phi) is 7.18. The van der Waals surface area contributed by atoms with Gasteiger partial charge in [-0.25, -0.2) is 0 Å². The minimum atomic E-state index is 0.155. The second-order valence-electron chi connectivity index (χ2n) is 4.55. The average molecular weight is 283 g/mol. The van der Waals surface area contributed by atoms with Gasteiger partial charge in [-0.2, -0.15) is 0 Å². The second kappa shape index (κ2) is 8.66. The van der Waals surface area contributed by atoms with Gasteiger partial charge in [0.1, 0.15) is 12.4 Å². The molecule has 5 heteroatoms. The number of hydrogen-bond acceptors (Lipinski definition) is 5. The summed E-state index contributed by atoms with van der Waals surface area (Å²) in [6.07, 6.45) is 0.843. The van der Waals surface area contributed by atoms with Crippen molar-refractivity contribution in [3.63, 3.8) is 0 Å². The maximum atomic E-state index is 8.86. The van der Waals surface area contributed by atoms with Crippen molar-refractivity contribution in [2.24, 2.45) is 0 Å². The van der Waals surface area contributed by atoms with Crippen LogP contribution in [0.3, 0.4) is 0 Å². The molecule has 0 heterocycles. The molecule has 20 heavy (non-hydrogen) atoms. The number of aryl methyl sites for hydroxylation is 1. The lowest BCUT2D eigenvalue weighted by molar-refractivity contribution is 0.189. The smallest absolute Gasteiger partial charge is 0.164 e. The number of aliphatic hydroxyl groups is 1. The normalized spacial score (nSPS) is 10.7. The minimum absolute atomic E-state index is 0.155. The van der Waals surface area contributed by atoms with Crippen LogP contribution >= 0.6 is 0 Å². The van der Waals surface area contributed by atoms with Gasteiger partial charge in [0.15, 0.2) is 11.5 Å². The van der Waals surface area contributed by atoms with Crippen LogP contribution in [0.2, 0.25) is 0 Å². The molecular weight excluding hydrogens is 258 g/mol. The Bertz CT molecular complexity index is 384. The molecule has 1 N–H and O–H groups in total. The van der Waals surface area contributed by atoms with Crippen molar-refractivity contribution in [2.45, 2.75) is 13.3 Å². The summed E-state index contributed by atoms with van der Waals surface area (Å²) in [5, 5.41) is 8.86. The lowest BCUT2D eigenvalue weighted by atomic mass is 10.1. The van der Waals surface area contributed by atoms with E-state index in [9.17, 15) is 0 Å². The van der Waals surface area contributed by atoms with E-state index in [1.54, 1.807) is 14.2 Å². The summed E-state index contributed by atoms with van der Waals surface area (Å²) in [5.74, 6) is 2.22. The van der Waals surface area contributed by atoms with Gasteiger partial charge in [-0.15, -0.1) is 0 Å². The van der Waals surface area contributed by atoms with Gasteiger partial charge in [0, 0.05) is 24.7 Å². The molecule has 114 valence electrons. The third kappa shape index (κ3) is 4.58. The molecule has 0 radical (unpaired) electrons. The summed E-state index contributed by atoms with van der Waals surface area (Å²) in [6.45, 7) is 4.16. The van der Waals surface area contributed by atoms with Crippen LogP contribution in [0, 0.1) is 0 Å². The van der Waals surface area contributed by atoms with E-state index in [-0.39, 0.29) is 6.61 Å². The van der Waals surface area contributed by atoms with E-state index < -0.39 is 0 Å². The largest absolute Gasteiger partial charge is 0.497 e. The van der Waals surface area contributed by atoms with Gasteiger partial charge >= 0.3 is 0 Å². The van der Waals surface area contributed by atoms with E-state index in [0.717, 1.165) is 30.0 Å². The lowest BCUT2D eigenvalue weighted by Gasteiger charge is -2.19. The van der Waals surface area contributed by atoms with Crippen molar-refractivity contribution >= 4 is 0 Å². The van der Waals surface area contributed by atoms with E-state index in [0.29, 0.717) is 18.9 Å². The monoisotopic (exact) mass is 283 g/mol. The molecule has 1 rings (SSSR count). The highest BCUT2D eigenvalue weighted by Crippen LogP contribution is 2.36. The molecular formula is C15H25NO4. The fraction of sp³-hybridized carbons (Fsp3) is 0.600. The Morgan fingerprint density at radius 2 is 1.90 bits per heavy atom. The zero-order valence-corrected chi connectivity index (χ0v) is 12.8. The first-order valence-corrected chi connectivity index (χ1v) is 6.83. The molecule has 1 aromatic rings. The molecule has 0 aromatic heterocycles. The van der Waals surface area contributed by atoms with E-state index >= 15 is 0 Å². The Labute approximate surface area is 121 Å². The van der Waals surface area contributed by atoms with E-state index in [1.165, 1.54) is 0 Å². The summed E-state index contributed by atoms with van der Waals surface area (Å²) in [5.41, 5.74) is 1.06. The van der Waals surface area contributed by atoms with Crippen LogP contribution in [0.4, 0.5) is 0 Å². The summed E-state index contributed by atoms with van der Waals surface area (Å²) in [7, 11) is 5.21. The molecule has 0 fully saturated rings. The van der Waals surface area contributed by atoms with Crippen molar-refractivity contribution in [2.75, 3.05) is 47.6 Å². The first-order chi connectivity index (χ1) is 9.65. The van der Waals surface area contributed by atoms with Crippen LogP contribution in [0.5, 0.6) is 17.2 Å². The molecule has 0 amide bonds. The fourth-order valence-electron chi connectivity index (χ4n) is 1.91. The number of benzene rings is 1. The average Bonchev–Trinajstić information content (AvgIpc) is 2.47. The molecule has 0 spiro atoms. The number of aliphatic hydroxyl groups excluding tert-OH is 1. The van der Waals surface area contributed by atoms with Crippen molar-refractivity contribution in [3.05, 3.63) is 17.7 Å². The number of nitrogens with zero attached hydrogens (tertiary/aromatic N) is 1. The molecule has 0 unspecified atom stereocenters. The third-order valence-electron chi connectivity index (χ3n) is 3.14. The SMILES string of the molecule is CCc1cc(OC)cc(OC)c1OCCN(C)CCO. The Balaban J connectivity index is 2.77. The summed E-state index contributed by atoms with van der Waals surface area (Å²) < 4.78 is 16.5. The predicted molar refractivity (Wildman–Crippen MR) is 79.0 cm³/mol. The van der Waals surface area contributed by atoms with Gasteiger partial charge < -0.3 is 24.2 Å². The van der Waals surface area contributed by atoms with Gasteiger partial charge in [-0.3, -0.25) is 0 Å². The maximum absolute atomic E-state index is 8.86. The quantitative estimate of drug-likeness (QED) is 0.745. The predicted octanol–water partition coefficient (Wildman–Crippen LogP) is 1.57. The highest BCUT2D eigenvalue weighted by molar-refractivity contribution is 5.51. The molecule has 0 aliphatic heterocycles. The summed E-state index contributed by atoms with van der Waals surface area (Å²) >= 11 is 0. The van der Waals surface area contributed by atoms with Crippen LogP contribution in [0.15, 0.2) is 12.1 Å². The zero-order chi connectivity index (χ0) is 15.0. The highest BCUT2D eigenvalue weighted by atomic mass is 16.5. The lowest BCUT2D eigenvalue weighted by Crippen LogP contribution is -2.27. The Morgan fingerprint density at radius 3 is 2.45 bits per heavy atom. The molecule has 0 aliphatic carbocycles. The van der Waals surface area contributed by atoms with Crippen molar-refractivity contribution < 1.29 is 19.3 Å². The van der Waals surface area contributed by atoms with Gasteiger partial charge in [-0.05, 0) is 19.5 Å². The van der Waals surface area contributed by atoms with Gasteiger partial charge in [0.2, 0.25) is 0 Å².